The number of rotatable bonds is 6. The number of benzene rings is 2. The van der Waals surface area contributed by atoms with E-state index < -0.39 is 0 Å². The largest absolute Gasteiger partial charge is 0.497 e. The molecule has 2 aromatic carbocycles. The zero-order valence-corrected chi connectivity index (χ0v) is 19.1. The van der Waals surface area contributed by atoms with Gasteiger partial charge >= 0.3 is 0 Å². The van der Waals surface area contributed by atoms with Crippen molar-refractivity contribution >= 4 is 50.5 Å². The summed E-state index contributed by atoms with van der Waals surface area (Å²) in [5, 5.41) is 5.11. The lowest BCUT2D eigenvalue weighted by Crippen LogP contribution is -2.40. The van der Waals surface area contributed by atoms with Crippen LogP contribution in [-0.2, 0) is 0 Å². The normalized spacial score (nSPS) is 15.8. The average molecular weight is 463 g/mol. The molecule has 0 radical (unpaired) electrons. The van der Waals surface area contributed by atoms with Crippen LogP contribution in [0.1, 0.15) is 40.5 Å². The van der Waals surface area contributed by atoms with Gasteiger partial charge in [0.15, 0.2) is 0 Å². The Morgan fingerprint density at radius 3 is 2.57 bits per heavy atom. The molecule has 1 aliphatic rings. The molecule has 0 bridgehead atoms. The molecule has 0 saturated carbocycles. The first-order valence-corrected chi connectivity index (χ1v) is 11.7. The van der Waals surface area contributed by atoms with E-state index >= 15 is 0 Å². The summed E-state index contributed by atoms with van der Waals surface area (Å²) in [5.74, 6) is 0.684. The van der Waals surface area contributed by atoms with Gasteiger partial charge in [0.1, 0.15) is 10.6 Å². The highest BCUT2D eigenvalue weighted by atomic mass is 35.5. The average Bonchev–Trinajstić information content (AvgIpc) is 3.10. The van der Waals surface area contributed by atoms with E-state index in [1.165, 1.54) is 36.2 Å². The van der Waals surface area contributed by atoms with Gasteiger partial charge in [-0.15, -0.1) is 11.3 Å². The van der Waals surface area contributed by atoms with E-state index in [-0.39, 0.29) is 11.9 Å². The number of nitrogens with one attached hydrogen (secondary N) is 1. The quantitative estimate of drug-likeness (QED) is 0.475. The van der Waals surface area contributed by atoms with Crippen LogP contribution < -0.4 is 10.1 Å². The minimum Gasteiger partial charge on any atom is -0.497 e. The molecule has 1 aliphatic heterocycles. The molecule has 4 rings (SSSR count). The molecule has 1 amide bonds. The van der Waals surface area contributed by atoms with E-state index in [0.29, 0.717) is 21.5 Å². The molecular formula is C23H24Cl2N2O2S. The van der Waals surface area contributed by atoms with Crippen molar-refractivity contribution in [1.82, 2.24) is 10.2 Å². The minimum absolute atomic E-state index is 0.114. The Kier molecular flexibility index (Phi) is 6.84. The summed E-state index contributed by atoms with van der Waals surface area (Å²) in [4.78, 5) is 16.0. The van der Waals surface area contributed by atoms with Crippen LogP contribution >= 0.6 is 34.5 Å². The molecule has 4 nitrogen and oxygen atoms in total. The van der Waals surface area contributed by atoms with Gasteiger partial charge in [-0.3, -0.25) is 9.69 Å². The first-order valence-electron chi connectivity index (χ1n) is 10.1. The Balaban J connectivity index is 1.54. The monoisotopic (exact) mass is 462 g/mol. The number of halogens is 2. The molecule has 2 heterocycles. The number of amides is 1. The number of methoxy groups -OCH3 is 1. The second-order valence-corrected chi connectivity index (χ2v) is 9.35. The molecule has 1 aromatic heterocycles. The molecule has 7 heteroatoms. The van der Waals surface area contributed by atoms with E-state index in [1.54, 1.807) is 13.2 Å². The summed E-state index contributed by atoms with van der Waals surface area (Å²) in [6.45, 7) is 2.60. The molecule has 1 N–H and O–H groups in total. The number of thiophene rings is 1. The highest BCUT2D eigenvalue weighted by Gasteiger charge is 2.24. The maximum absolute atomic E-state index is 13.0. The number of nitrogens with zero attached hydrogens (tertiary/aromatic N) is 1. The SMILES string of the molecule is COc1ccc(C(CNC(=O)c2sc3cc(Cl)ccc3c2Cl)N2CCCCC2)cc1. The fourth-order valence-corrected chi connectivity index (χ4v) is 5.68. The summed E-state index contributed by atoms with van der Waals surface area (Å²) >= 11 is 14.0. The van der Waals surface area contributed by atoms with Crippen LogP contribution in [0.25, 0.3) is 10.1 Å². The molecule has 158 valence electrons. The molecule has 0 spiro atoms. The van der Waals surface area contributed by atoms with Crippen LogP contribution in [0, 0.1) is 0 Å². The zero-order valence-electron chi connectivity index (χ0n) is 16.8. The number of hydrogen-bond donors (Lipinski definition) is 1. The third-order valence-electron chi connectivity index (χ3n) is 5.59. The van der Waals surface area contributed by atoms with Crippen molar-refractivity contribution in [2.75, 3.05) is 26.7 Å². The Morgan fingerprint density at radius 2 is 1.87 bits per heavy atom. The fourth-order valence-electron chi connectivity index (χ4n) is 3.97. The van der Waals surface area contributed by atoms with Gasteiger partial charge in [-0.05, 0) is 55.8 Å². The zero-order chi connectivity index (χ0) is 21.1. The van der Waals surface area contributed by atoms with Gasteiger partial charge in [-0.25, -0.2) is 0 Å². The van der Waals surface area contributed by atoms with E-state index in [9.17, 15) is 4.79 Å². The smallest absolute Gasteiger partial charge is 0.262 e. The number of piperidine rings is 1. The number of carbonyl (C=O) groups is 1. The Hall–Kier alpha value is -1.79. The summed E-state index contributed by atoms with van der Waals surface area (Å²) in [7, 11) is 1.67. The number of fused-ring (bicyclic) bond motifs is 1. The van der Waals surface area contributed by atoms with Gasteiger partial charge in [-0.2, -0.15) is 0 Å². The Bertz CT molecular complexity index is 1030. The van der Waals surface area contributed by atoms with Gasteiger partial charge in [-0.1, -0.05) is 47.8 Å². The van der Waals surface area contributed by atoms with Crippen molar-refractivity contribution in [1.29, 1.82) is 0 Å². The molecular weight excluding hydrogens is 439 g/mol. The number of carbonyl (C=O) groups excluding carboxylic acids is 1. The maximum Gasteiger partial charge on any atom is 0.262 e. The third-order valence-corrected chi connectivity index (χ3v) is 7.48. The maximum atomic E-state index is 13.0. The van der Waals surface area contributed by atoms with Crippen molar-refractivity contribution in [3.63, 3.8) is 0 Å². The topological polar surface area (TPSA) is 41.6 Å². The van der Waals surface area contributed by atoms with Gasteiger partial charge < -0.3 is 10.1 Å². The van der Waals surface area contributed by atoms with Crippen LogP contribution in [0.15, 0.2) is 42.5 Å². The molecule has 3 aromatic rings. The second kappa shape index (κ2) is 9.56. The van der Waals surface area contributed by atoms with E-state index in [1.807, 2.05) is 24.3 Å². The van der Waals surface area contributed by atoms with Gasteiger partial charge in [0.05, 0.1) is 18.2 Å². The lowest BCUT2D eigenvalue weighted by molar-refractivity contribution is 0.0928. The van der Waals surface area contributed by atoms with Crippen LogP contribution in [0.4, 0.5) is 0 Å². The third kappa shape index (κ3) is 4.59. The van der Waals surface area contributed by atoms with Gasteiger partial charge in [0.25, 0.3) is 5.91 Å². The summed E-state index contributed by atoms with van der Waals surface area (Å²) in [6.07, 6.45) is 3.63. The summed E-state index contributed by atoms with van der Waals surface area (Å²) in [6, 6.07) is 13.7. The van der Waals surface area contributed by atoms with E-state index in [2.05, 4.69) is 22.3 Å². The molecule has 1 unspecified atom stereocenters. The second-order valence-electron chi connectivity index (χ2n) is 7.48. The molecule has 0 aliphatic carbocycles. The summed E-state index contributed by atoms with van der Waals surface area (Å²) in [5.41, 5.74) is 1.17. The highest BCUT2D eigenvalue weighted by molar-refractivity contribution is 7.21. The number of hydrogen-bond acceptors (Lipinski definition) is 4. The minimum atomic E-state index is -0.146. The van der Waals surface area contributed by atoms with E-state index in [0.717, 1.165) is 28.9 Å². The number of likely N-dealkylation sites (tertiary alicyclic amines) is 1. The predicted octanol–water partition coefficient (Wildman–Crippen LogP) is 6.17. The van der Waals surface area contributed by atoms with Crippen LogP contribution in [0.3, 0.4) is 0 Å². The Labute approximate surface area is 190 Å². The summed E-state index contributed by atoms with van der Waals surface area (Å²) < 4.78 is 6.21. The van der Waals surface area contributed by atoms with Crippen molar-refractivity contribution < 1.29 is 9.53 Å². The van der Waals surface area contributed by atoms with Crippen molar-refractivity contribution in [3.05, 3.63) is 63.0 Å². The van der Waals surface area contributed by atoms with Crippen LogP contribution in [0.2, 0.25) is 10.0 Å². The lowest BCUT2D eigenvalue weighted by Gasteiger charge is -2.35. The first-order chi connectivity index (χ1) is 14.6. The molecule has 1 atom stereocenters. The van der Waals surface area contributed by atoms with Crippen molar-refractivity contribution in [2.45, 2.75) is 25.3 Å². The van der Waals surface area contributed by atoms with E-state index in [4.69, 9.17) is 27.9 Å². The lowest BCUT2D eigenvalue weighted by atomic mass is 10.0. The van der Waals surface area contributed by atoms with Gasteiger partial charge in [0.2, 0.25) is 0 Å². The van der Waals surface area contributed by atoms with Crippen molar-refractivity contribution in [3.8, 4) is 5.75 Å². The first kappa shape index (κ1) is 21.4. The Morgan fingerprint density at radius 1 is 1.13 bits per heavy atom. The van der Waals surface area contributed by atoms with Crippen molar-refractivity contribution in [2.24, 2.45) is 0 Å². The molecule has 30 heavy (non-hydrogen) atoms. The van der Waals surface area contributed by atoms with Gasteiger partial charge in [0, 0.05) is 21.7 Å². The van der Waals surface area contributed by atoms with Crippen LogP contribution in [-0.4, -0.2) is 37.6 Å². The number of ether oxygens (including phenoxy) is 1. The predicted molar refractivity (Wildman–Crippen MR) is 125 cm³/mol. The fraction of sp³-hybridized carbons (Fsp3) is 0.348. The highest BCUT2D eigenvalue weighted by Crippen LogP contribution is 2.36. The molecule has 1 fully saturated rings. The van der Waals surface area contributed by atoms with Crippen LogP contribution in [0.5, 0.6) is 5.75 Å². The molecule has 1 saturated heterocycles. The standard InChI is InChI=1S/C23H24Cl2N2O2S/c1-29-17-8-5-15(6-9-17)19(27-11-3-2-4-12-27)14-26-23(28)22-21(25)18-10-7-16(24)13-20(18)30-22/h5-10,13,19H,2-4,11-12,14H2,1H3,(H,26,28).